The van der Waals surface area contributed by atoms with E-state index >= 15 is 0 Å². The van der Waals surface area contributed by atoms with Crippen molar-refractivity contribution in [2.24, 2.45) is 0 Å². The fourth-order valence-corrected chi connectivity index (χ4v) is 8.92. The summed E-state index contributed by atoms with van der Waals surface area (Å²) in [5, 5.41) is 5.03. The van der Waals surface area contributed by atoms with Crippen molar-refractivity contribution in [1.29, 1.82) is 0 Å². The van der Waals surface area contributed by atoms with Crippen molar-refractivity contribution >= 4 is 24.9 Å². The van der Waals surface area contributed by atoms with Crippen molar-refractivity contribution in [3.05, 3.63) is 48.2 Å². The number of benzene rings is 1. The molecule has 1 heterocycles. The van der Waals surface area contributed by atoms with E-state index in [1.165, 1.54) is 67.1 Å². The Labute approximate surface area is 177 Å². The number of aryl methyl sites for hydroxylation is 2. The molecule has 148 valence electrons. The van der Waals surface area contributed by atoms with Gasteiger partial charge < -0.3 is 0 Å². The number of nitrogens with zero attached hydrogens (tertiary/aromatic N) is 2. The number of unbranched alkanes of at least 4 members (excludes halogenated alkanes) is 3. The van der Waals surface area contributed by atoms with Crippen LogP contribution in [0.1, 0.15) is 84.1 Å². The van der Waals surface area contributed by atoms with Gasteiger partial charge in [0, 0.05) is 0 Å². The molecule has 0 amide bonds. The van der Waals surface area contributed by atoms with Crippen LogP contribution in [-0.2, 0) is 13.0 Å². The summed E-state index contributed by atoms with van der Waals surface area (Å²) in [7, 11) is 0. The van der Waals surface area contributed by atoms with E-state index in [1.54, 1.807) is 0 Å². The first kappa shape index (κ1) is 22.5. The fourth-order valence-electron chi connectivity index (χ4n) is 3.82. The van der Waals surface area contributed by atoms with Gasteiger partial charge in [-0.05, 0) is 0 Å². The molecule has 0 saturated heterocycles. The molecule has 0 aliphatic carbocycles. The first-order valence-corrected chi connectivity index (χ1v) is 13.9. The van der Waals surface area contributed by atoms with Crippen LogP contribution in [0.4, 0.5) is 0 Å². The van der Waals surface area contributed by atoms with E-state index < -0.39 is 21.1 Å². The molecule has 2 aromatic rings. The predicted molar refractivity (Wildman–Crippen MR) is 119 cm³/mol. The van der Waals surface area contributed by atoms with Gasteiger partial charge in [0.05, 0.1) is 0 Å². The summed E-state index contributed by atoms with van der Waals surface area (Å²) < 4.78 is 4.28. The molecule has 0 aliphatic heterocycles. The Bertz CT molecular complexity index is 599. The van der Waals surface area contributed by atoms with Crippen LogP contribution in [0.5, 0.6) is 0 Å². The van der Waals surface area contributed by atoms with E-state index in [0.29, 0.717) is 3.43 Å². The van der Waals surface area contributed by atoms with Crippen LogP contribution in [0.25, 0.3) is 0 Å². The fraction of sp³-hybridized carbons (Fsp3) is 0.625. The third-order valence-corrected chi connectivity index (χ3v) is 10.7. The van der Waals surface area contributed by atoms with Crippen molar-refractivity contribution < 1.29 is 0 Å². The molecule has 2 nitrogen and oxygen atoms in total. The minimum atomic E-state index is -0.695. The maximum atomic E-state index is 5.03. The average Bonchev–Trinajstić information content (AvgIpc) is 3.15. The Kier molecular flexibility index (Phi) is 10.5. The Balaban J connectivity index is 2.02. The molecule has 0 saturated carbocycles. The summed E-state index contributed by atoms with van der Waals surface area (Å²) in [6.07, 6.45) is 15.8. The molecule has 0 aliphatic rings. The van der Waals surface area contributed by atoms with Crippen LogP contribution in [0.2, 0.25) is 3.43 Å². The number of hydrogen-bond acceptors (Lipinski definition) is 1. The Hall–Kier alpha value is -0.771. The SMILES string of the molecule is CCCC[C](CCCC)(CCCC)[Sn][c]1ccn(CCc2ccccc2)n1. The molecule has 0 bridgehead atoms. The molecule has 0 spiro atoms. The first-order chi connectivity index (χ1) is 13.2. The van der Waals surface area contributed by atoms with Crippen LogP contribution in [0.3, 0.4) is 0 Å². The quantitative estimate of drug-likeness (QED) is 0.300. The molecule has 0 unspecified atom stereocenters. The van der Waals surface area contributed by atoms with E-state index in [-0.39, 0.29) is 0 Å². The van der Waals surface area contributed by atoms with Crippen LogP contribution < -0.4 is 3.71 Å². The summed E-state index contributed by atoms with van der Waals surface area (Å²) in [5.41, 5.74) is 1.40. The zero-order valence-corrected chi connectivity index (χ0v) is 20.6. The number of hydrogen-bond donors (Lipinski definition) is 0. The molecule has 0 fully saturated rings. The van der Waals surface area contributed by atoms with E-state index in [0.717, 1.165) is 13.0 Å². The summed E-state index contributed by atoms with van der Waals surface area (Å²) in [6, 6.07) is 13.1. The van der Waals surface area contributed by atoms with Crippen LogP contribution in [-0.4, -0.2) is 30.9 Å². The molecule has 0 N–H and O–H groups in total. The van der Waals surface area contributed by atoms with Gasteiger partial charge in [-0.3, -0.25) is 0 Å². The number of rotatable bonds is 14. The van der Waals surface area contributed by atoms with E-state index in [9.17, 15) is 0 Å². The van der Waals surface area contributed by atoms with Gasteiger partial charge in [-0.1, -0.05) is 0 Å². The Morgan fingerprint density at radius 2 is 1.44 bits per heavy atom. The zero-order valence-electron chi connectivity index (χ0n) is 17.7. The summed E-state index contributed by atoms with van der Waals surface area (Å²) in [4.78, 5) is 0. The normalized spacial score (nSPS) is 11.8. The molecule has 2 radical (unpaired) electrons. The third kappa shape index (κ3) is 8.01. The van der Waals surface area contributed by atoms with Gasteiger partial charge in [0.2, 0.25) is 0 Å². The first-order valence-electron chi connectivity index (χ1n) is 11.1. The van der Waals surface area contributed by atoms with Crippen LogP contribution in [0, 0.1) is 0 Å². The minimum absolute atomic E-state index is 0.629. The van der Waals surface area contributed by atoms with Gasteiger partial charge in [-0.25, -0.2) is 0 Å². The second-order valence-electron chi connectivity index (χ2n) is 7.92. The molecule has 0 atom stereocenters. The van der Waals surface area contributed by atoms with Crippen LogP contribution >= 0.6 is 0 Å². The standard InChI is InChI=1S/C13H27.C11H11N2.Sn/c1-4-7-10-13(11-8-5-2)12-9-6-3;1-2-5-11(6-3-1)7-10-13-9-4-8-12-13;/h4-12H2,1-3H3;1-6,9H,7,10H2;. The van der Waals surface area contributed by atoms with E-state index in [4.69, 9.17) is 5.10 Å². The molecule has 2 rings (SSSR count). The van der Waals surface area contributed by atoms with Gasteiger partial charge in [-0.2, -0.15) is 0 Å². The van der Waals surface area contributed by atoms with E-state index in [2.05, 4.69) is 68.0 Å². The second-order valence-corrected chi connectivity index (χ2v) is 13.1. The van der Waals surface area contributed by atoms with Crippen molar-refractivity contribution in [3.8, 4) is 0 Å². The van der Waals surface area contributed by atoms with Gasteiger partial charge in [-0.15, -0.1) is 0 Å². The van der Waals surface area contributed by atoms with Gasteiger partial charge >= 0.3 is 178 Å². The maximum absolute atomic E-state index is 5.03. The predicted octanol–water partition coefficient (Wildman–Crippen LogP) is 6.18. The van der Waals surface area contributed by atoms with Gasteiger partial charge in [0.25, 0.3) is 0 Å². The molecule has 27 heavy (non-hydrogen) atoms. The van der Waals surface area contributed by atoms with Crippen molar-refractivity contribution in [3.63, 3.8) is 0 Å². The summed E-state index contributed by atoms with van der Waals surface area (Å²) >= 11 is -0.695. The number of aromatic nitrogens is 2. The van der Waals surface area contributed by atoms with Gasteiger partial charge in [0.15, 0.2) is 0 Å². The topological polar surface area (TPSA) is 17.8 Å². The Morgan fingerprint density at radius 1 is 0.852 bits per heavy atom. The molecule has 1 aromatic carbocycles. The van der Waals surface area contributed by atoms with Crippen molar-refractivity contribution in [1.82, 2.24) is 9.78 Å². The summed E-state index contributed by atoms with van der Waals surface area (Å²) in [5.74, 6) is 0. The Morgan fingerprint density at radius 3 is 2.00 bits per heavy atom. The third-order valence-electron chi connectivity index (χ3n) is 5.53. The molecule has 3 heteroatoms. The molecular weight excluding hydrogens is 435 g/mol. The zero-order chi connectivity index (χ0) is 19.4. The second kappa shape index (κ2) is 12.6. The monoisotopic (exact) mass is 474 g/mol. The molecule has 1 aromatic heterocycles. The summed E-state index contributed by atoms with van der Waals surface area (Å²) in [6.45, 7) is 8.02. The van der Waals surface area contributed by atoms with Crippen molar-refractivity contribution in [2.75, 3.05) is 0 Å². The van der Waals surface area contributed by atoms with E-state index in [1.807, 2.05) is 0 Å². The average molecular weight is 473 g/mol. The van der Waals surface area contributed by atoms with Crippen LogP contribution in [0.15, 0.2) is 42.6 Å². The van der Waals surface area contributed by atoms with Gasteiger partial charge in [0.1, 0.15) is 0 Å². The van der Waals surface area contributed by atoms with Crippen molar-refractivity contribution in [2.45, 2.75) is 95.0 Å². The molecular formula is C24H38N2Sn.